The van der Waals surface area contributed by atoms with Crippen LogP contribution in [0, 0.1) is 0 Å². The number of unbranched alkanes of at least 4 members (excludes halogenated alkanes) is 3. The van der Waals surface area contributed by atoms with E-state index in [1.807, 2.05) is 30.3 Å². The number of benzene rings is 3. The Morgan fingerprint density at radius 3 is 2.15 bits per heavy atom. The second kappa shape index (κ2) is 10.6. The van der Waals surface area contributed by atoms with Crippen LogP contribution in [0.5, 0.6) is 5.75 Å². The van der Waals surface area contributed by atoms with Crippen molar-refractivity contribution in [3.05, 3.63) is 90.0 Å². The number of ether oxygens (including phenoxy) is 1. The molecule has 0 aliphatic heterocycles. The minimum Gasteiger partial charge on any atom is -0.493 e. The first-order valence-electron chi connectivity index (χ1n) is 10.2. The first-order valence-corrected chi connectivity index (χ1v) is 10.2. The SMILES string of the molecule is CCCCCCc1c(CCOc2ccccc2)cccc1-c1ccccc1. The summed E-state index contributed by atoms with van der Waals surface area (Å²) < 4.78 is 5.95. The number of para-hydroxylation sites is 1. The summed E-state index contributed by atoms with van der Waals surface area (Å²) in [7, 11) is 0. The molecule has 0 radical (unpaired) electrons. The van der Waals surface area contributed by atoms with Crippen molar-refractivity contribution in [3.8, 4) is 16.9 Å². The van der Waals surface area contributed by atoms with E-state index in [1.54, 1.807) is 0 Å². The molecule has 3 aromatic carbocycles. The molecular weight excluding hydrogens is 328 g/mol. The van der Waals surface area contributed by atoms with Gasteiger partial charge in [-0.3, -0.25) is 0 Å². The quantitative estimate of drug-likeness (QED) is 0.351. The summed E-state index contributed by atoms with van der Waals surface area (Å²) in [5, 5.41) is 0. The molecule has 0 saturated heterocycles. The molecule has 0 heterocycles. The Morgan fingerprint density at radius 2 is 1.41 bits per heavy atom. The van der Waals surface area contributed by atoms with E-state index in [0.717, 1.165) is 18.6 Å². The van der Waals surface area contributed by atoms with Crippen LogP contribution in [0.25, 0.3) is 11.1 Å². The Balaban J connectivity index is 1.76. The second-order valence-corrected chi connectivity index (χ2v) is 7.03. The van der Waals surface area contributed by atoms with Crippen LogP contribution >= 0.6 is 0 Å². The lowest BCUT2D eigenvalue weighted by molar-refractivity contribution is 0.321. The van der Waals surface area contributed by atoms with E-state index in [9.17, 15) is 0 Å². The molecule has 3 rings (SSSR count). The van der Waals surface area contributed by atoms with Gasteiger partial charge in [-0.2, -0.15) is 0 Å². The maximum absolute atomic E-state index is 5.95. The summed E-state index contributed by atoms with van der Waals surface area (Å²) in [6, 6.07) is 27.6. The van der Waals surface area contributed by atoms with E-state index in [-0.39, 0.29) is 0 Å². The third-order valence-electron chi connectivity index (χ3n) is 5.02. The number of hydrogen-bond donors (Lipinski definition) is 0. The van der Waals surface area contributed by atoms with Crippen molar-refractivity contribution in [1.82, 2.24) is 0 Å². The number of rotatable bonds is 10. The van der Waals surface area contributed by atoms with Crippen LogP contribution in [0.1, 0.15) is 43.7 Å². The first-order chi connectivity index (χ1) is 13.4. The molecule has 0 bridgehead atoms. The van der Waals surface area contributed by atoms with Gasteiger partial charge in [0.2, 0.25) is 0 Å². The Bertz CT molecular complexity index is 793. The topological polar surface area (TPSA) is 9.23 Å². The van der Waals surface area contributed by atoms with Crippen LogP contribution in [-0.4, -0.2) is 6.61 Å². The highest BCUT2D eigenvalue weighted by atomic mass is 16.5. The summed E-state index contributed by atoms with van der Waals surface area (Å²) in [5.74, 6) is 0.946. The fraction of sp³-hybridized carbons (Fsp3) is 0.308. The first kappa shape index (κ1) is 19.2. The molecule has 0 aromatic heterocycles. The van der Waals surface area contributed by atoms with Crippen LogP contribution in [0.2, 0.25) is 0 Å². The van der Waals surface area contributed by atoms with Crippen molar-refractivity contribution < 1.29 is 4.74 Å². The predicted octanol–water partition coefficient (Wildman–Crippen LogP) is 7.10. The zero-order valence-corrected chi connectivity index (χ0v) is 16.4. The van der Waals surface area contributed by atoms with Crippen LogP contribution in [0.4, 0.5) is 0 Å². The molecule has 0 fully saturated rings. The molecule has 1 nitrogen and oxygen atoms in total. The van der Waals surface area contributed by atoms with E-state index in [4.69, 9.17) is 4.74 Å². The van der Waals surface area contributed by atoms with Gasteiger partial charge in [-0.25, -0.2) is 0 Å². The minimum absolute atomic E-state index is 0.713. The highest BCUT2D eigenvalue weighted by Crippen LogP contribution is 2.28. The van der Waals surface area contributed by atoms with Gasteiger partial charge in [-0.15, -0.1) is 0 Å². The maximum Gasteiger partial charge on any atom is 0.119 e. The van der Waals surface area contributed by atoms with Crippen molar-refractivity contribution in [2.75, 3.05) is 6.61 Å². The third kappa shape index (κ3) is 5.72. The van der Waals surface area contributed by atoms with Crippen LogP contribution in [0.15, 0.2) is 78.9 Å². The van der Waals surface area contributed by atoms with E-state index in [2.05, 4.69) is 55.5 Å². The molecule has 0 unspecified atom stereocenters. The average molecular weight is 359 g/mol. The molecular formula is C26H30O. The van der Waals surface area contributed by atoms with Gasteiger partial charge in [-0.1, -0.05) is 92.9 Å². The summed E-state index contributed by atoms with van der Waals surface area (Å²) >= 11 is 0. The predicted molar refractivity (Wildman–Crippen MR) is 115 cm³/mol. The molecule has 0 amide bonds. The Hall–Kier alpha value is -2.54. The molecule has 27 heavy (non-hydrogen) atoms. The van der Waals surface area contributed by atoms with Crippen LogP contribution in [0.3, 0.4) is 0 Å². The Kier molecular flexibility index (Phi) is 7.53. The van der Waals surface area contributed by atoms with Gasteiger partial charge in [0, 0.05) is 6.42 Å². The molecule has 0 N–H and O–H groups in total. The lowest BCUT2D eigenvalue weighted by Crippen LogP contribution is -2.05. The lowest BCUT2D eigenvalue weighted by Gasteiger charge is -2.16. The standard InChI is InChI=1S/C26H30O/c1-2-3-4-11-18-25-23(20-21-27-24-16-9-6-10-17-24)15-12-19-26(25)22-13-7-5-8-14-22/h5-10,12-17,19H,2-4,11,18,20-21H2,1H3. The zero-order valence-electron chi connectivity index (χ0n) is 16.4. The molecule has 0 spiro atoms. The smallest absolute Gasteiger partial charge is 0.119 e. The Morgan fingerprint density at radius 1 is 0.667 bits per heavy atom. The molecule has 0 aliphatic rings. The molecule has 0 saturated carbocycles. The average Bonchev–Trinajstić information content (AvgIpc) is 2.73. The second-order valence-electron chi connectivity index (χ2n) is 7.03. The fourth-order valence-corrected chi connectivity index (χ4v) is 3.58. The van der Waals surface area contributed by atoms with Gasteiger partial charge < -0.3 is 4.74 Å². The monoisotopic (exact) mass is 358 g/mol. The number of hydrogen-bond acceptors (Lipinski definition) is 1. The van der Waals surface area contributed by atoms with Gasteiger partial charge in [-0.05, 0) is 47.2 Å². The van der Waals surface area contributed by atoms with Gasteiger partial charge in [0.25, 0.3) is 0 Å². The highest BCUT2D eigenvalue weighted by Gasteiger charge is 2.10. The van der Waals surface area contributed by atoms with Crippen molar-refractivity contribution >= 4 is 0 Å². The summed E-state index contributed by atoms with van der Waals surface area (Å²) in [4.78, 5) is 0. The van der Waals surface area contributed by atoms with E-state index >= 15 is 0 Å². The Labute approximate surface area is 164 Å². The molecule has 3 aromatic rings. The van der Waals surface area contributed by atoms with E-state index in [1.165, 1.54) is 47.9 Å². The van der Waals surface area contributed by atoms with Crippen molar-refractivity contribution in [3.63, 3.8) is 0 Å². The highest BCUT2D eigenvalue weighted by molar-refractivity contribution is 5.68. The lowest BCUT2D eigenvalue weighted by atomic mass is 9.90. The summed E-state index contributed by atoms with van der Waals surface area (Å²) in [5.41, 5.74) is 5.61. The van der Waals surface area contributed by atoms with Crippen molar-refractivity contribution in [2.24, 2.45) is 0 Å². The van der Waals surface area contributed by atoms with Gasteiger partial charge in [0.15, 0.2) is 0 Å². The summed E-state index contributed by atoms with van der Waals surface area (Å²) in [6.07, 6.45) is 7.24. The maximum atomic E-state index is 5.95. The minimum atomic E-state index is 0.713. The van der Waals surface area contributed by atoms with Crippen LogP contribution in [-0.2, 0) is 12.8 Å². The van der Waals surface area contributed by atoms with E-state index in [0.29, 0.717) is 6.61 Å². The van der Waals surface area contributed by atoms with Crippen molar-refractivity contribution in [1.29, 1.82) is 0 Å². The largest absolute Gasteiger partial charge is 0.493 e. The van der Waals surface area contributed by atoms with Gasteiger partial charge in [0.05, 0.1) is 6.61 Å². The summed E-state index contributed by atoms with van der Waals surface area (Å²) in [6.45, 7) is 2.98. The molecule has 1 heteroatoms. The molecule has 140 valence electrons. The van der Waals surface area contributed by atoms with Crippen LogP contribution < -0.4 is 4.74 Å². The fourth-order valence-electron chi connectivity index (χ4n) is 3.58. The van der Waals surface area contributed by atoms with E-state index < -0.39 is 0 Å². The van der Waals surface area contributed by atoms with Crippen molar-refractivity contribution in [2.45, 2.75) is 45.4 Å². The third-order valence-corrected chi connectivity index (χ3v) is 5.02. The normalized spacial score (nSPS) is 10.7. The zero-order chi connectivity index (χ0) is 18.7. The molecule has 0 aliphatic carbocycles. The van der Waals surface area contributed by atoms with Gasteiger partial charge >= 0.3 is 0 Å². The molecule has 0 atom stereocenters. The van der Waals surface area contributed by atoms with Gasteiger partial charge in [0.1, 0.15) is 5.75 Å².